The van der Waals surface area contributed by atoms with E-state index in [0.717, 1.165) is 44.6 Å². The minimum absolute atomic E-state index is 0.0765. The Kier molecular flexibility index (Phi) is 5.20. The van der Waals surface area contributed by atoms with Crippen molar-refractivity contribution in [1.29, 1.82) is 0 Å². The van der Waals surface area contributed by atoms with Crippen LogP contribution >= 0.6 is 0 Å². The van der Waals surface area contributed by atoms with Crippen LogP contribution in [-0.2, 0) is 0 Å². The van der Waals surface area contributed by atoms with E-state index in [1.807, 2.05) is 0 Å². The topological polar surface area (TPSA) is 33.7 Å². The Morgan fingerprint density at radius 2 is 1.92 bits per heavy atom. The van der Waals surface area contributed by atoms with Crippen LogP contribution in [-0.4, -0.2) is 44.6 Å². The van der Waals surface area contributed by atoms with Gasteiger partial charge in [-0.05, 0) is 37.0 Å². The summed E-state index contributed by atoms with van der Waals surface area (Å²) in [5.74, 6) is 0.899. The molecular weight excluding hydrogens is 321 g/mol. The van der Waals surface area contributed by atoms with Gasteiger partial charge in [0.1, 0.15) is 11.5 Å². The minimum atomic E-state index is -4.69. The van der Waals surface area contributed by atoms with Gasteiger partial charge in [0, 0.05) is 37.8 Å². The van der Waals surface area contributed by atoms with Crippen LogP contribution in [0.3, 0.4) is 0 Å². The molecule has 134 valence electrons. The molecule has 1 heterocycles. The molecule has 1 aromatic rings. The summed E-state index contributed by atoms with van der Waals surface area (Å²) in [5, 5.41) is 3.32. The lowest BCUT2D eigenvalue weighted by molar-refractivity contribution is -0.274. The van der Waals surface area contributed by atoms with Crippen molar-refractivity contribution >= 4 is 0 Å². The second-order valence-electron chi connectivity index (χ2n) is 6.37. The first kappa shape index (κ1) is 17.4. The summed E-state index contributed by atoms with van der Waals surface area (Å²) in [7, 11) is 1.55. The van der Waals surface area contributed by atoms with E-state index in [2.05, 4.69) is 15.0 Å². The summed E-state index contributed by atoms with van der Waals surface area (Å²) in [6.07, 6.45) is -1.31. The lowest BCUT2D eigenvalue weighted by Crippen LogP contribution is -2.47. The number of ether oxygens (including phenoxy) is 2. The first-order chi connectivity index (χ1) is 11.5. The maximum Gasteiger partial charge on any atom is 0.573 e. The minimum Gasteiger partial charge on any atom is -0.496 e. The average molecular weight is 344 g/mol. The zero-order chi connectivity index (χ0) is 17.2. The molecule has 1 atom stereocenters. The van der Waals surface area contributed by atoms with Gasteiger partial charge in [0.25, 0.3) is 0 Å². The molecule has 1 aliphatic carbocycles. The van der Waals surface area contributed by atoms with E-state index in [-0.39, 0.29) is 11.8 Å². The van der Waals surface area contributed by atoms with Gasteiger partial charge in [-0.25, -0.2) is 0 Å². The zero-order valence-electron chi connectivity index (χ0n) is 13.7. The highest BCUT2D eigenvalue weighted by atomic mass is 19.4. The predicted octanol–water partition coefficient (Wildman–Crippen LogP) is 3.34. The number of rotatable bonds is 5. The fraction of sp³-hybridized carbons (Fsp3) is 0.647. The monoisotopic (exact) mass is 344 g/mol. The van der Waals surface area contributed by atoms with Crippen LogP contribution in [0.25, 0.3) is 0 Å². The molecule has 2 fully saturated rings. The van der Waals surface area contributed by atoms with Gasteiger partial charge >= 0.3 is 6.36 Å². The van der Waals surface area contributed by atoms with Gasteiger partial charge < -0.3 is 14.8 Å². The van der Waals surface area contributed by atoms with Gasteiger partial charge in [-0.2, -0.15) is 0 Å². The number of nitrogens with zero attached hydrogens (tertiary/aromatic N) is 1. The third-order valence-corrected chi connectivity index (χ3v) is 4.89. The number of piperazine rings is 1. The number of methoxy groups -OCH3 is 1. The third-order valence-electron chi connectivity index (χ3n) is 4.89. The lowest BCUT2D eigenvalue weighted by Gasteiger charge is -2.43. The molecule has 0 amide bonds. The Morgan fingerprint density at radius 3 is 2.46 bits per heavy atom. The summed E-state index contributed by atoms with van der Waals surface area (Å²) in [6, 6.07) is 4.46. The molecule has 1 saturated heterocycles. The van der Waals surface area contributed by atoms with E-state index in [4.69, 9.17) is 4.74 Å². The highest BCUT2D eigenvalue weighted by Gasteiger charge is 2.36. The fourth-order valence-electron chi connectivity index (χ4n) is 3.61. The molecule has 0 spiro atoms. The second kappa shape index (κ2) is 7.19. The van der Waals surface area contributed by atoms with Gasteiger partial charge in [0.15, 0.2) is 0 Å². The van der Waals surface area contributed by atoms with Crippen molar-refractivity contribution in [3.63, 3.8) is 0 Å². The number of alkyl halides is 3. The normalized spacial score (nSPS) is 21.2. The number of hydrogen-bond acceptors (Lipinski definition) is 4. The van der Waals surface area contributed by atoms with Crippen molar-refractivity contribution in [2.24, 2.45) is 5.92 Å². The Balaban J connectivity index is 1.93. The van der Waals surface area contributed by atoms with Gasteiger partial charge in [0.2, 0.25) is 0 Å². The van der Waals surface area contributed by atoms with Crippen LogP contribution in [0.15, 0.2) is 18.2 Å². The van der Waals surface area contributed by atoms with Crippen LogP contribution in [0.4, 0.5) is 13.2 Å². The van der Waals surface area contributed by atoms with E-state index >= 15 is 0 Å². The van der Waals surface area contributed by atoms with Crippen LogP contribution in [0.5, 0.6) is 11.5 Å². The number of halogens is 3. The molecule has 0 bridgehead atoms. The lowest BCUT2D eigenvalue weighted by atomic mass is 9.76. The molecule has 1 N–H and O–H groups in total. The van der Waals surface area contributed by atoms with E-state index in [1.54, 1.807) is 13.2 Å². The second-order valence-corrected chi connectivity index (χ2v) is 6.37. The summed E-state index contributed by atoms with van der Waals surface area (Å²) in [6.45, 7) is 3.55. The van der Waals surface area contributed by atoms with Gasteiger partial charge in [-0.3, -0.25) is 4.90 Å². The molecule has 7 heteroatoms. The van der Waals surface area contributed by atoms with Crippen molar-refractivity contribution in [2.45, 2.75) is 31.7 Å². The summed E-state index contributed by atoms with van der Waals surface area (Å²) in [4.78, 5) is 2.36. The molecule has 1 aliphatic heterocycles. The van der Waals surface area contributed by atoms with Crippen molar-refractivity contribution in [3.8, 4) is 11.5 Å². The van der Waals surface area contributed by atoms with Crippen LogP contribution in [0, 0.1) is 5.92 Å². The highest BCUT2D eigenvalue weighted by molar-refractivity contribution is 5.43. The van der Waals surface area contributed by atoms with E-state index in [0.29, 0.717) is 11.7 Å². The van der Waals surface area contributed by atoms with Crippen LogP contribution < -0.4 is 14.8 Å². The molecular formula is C17H23F3N2O2. The molecule has 3 rings (SSSR count). The summed E-state index contributed by atoms with van der Waals surface area (Å²) in [5.41, 5.74) is 0.797. The molecule has 1 aromatic carbocycles. The molecule has 1 saturated carbocycles. The first-order valence-corrected chi connectivity index (χ1v) is 8.36. The summed E-state index contributed by atoms with van der Waals surface area (Å²) >= 11 is 0. The maximum absolute atomic E-state index is 12.6. The predicted molar refractivity (Wildman–Crippen MR) is 84.2 cm³/mol. The highest BCUT2D eigenvalue weighted by Crippen LogP contribution is 2.45. The Labute approximate surface area is 139 Å². The van der Waals surface area contributed by atoms with Crippen molar-refractivity contribution in [2.75, 3.05) is 33.3 Å². The van der Waals surface area contributed by atoms with Crippen molar-refractivity contribution in [1.82, 2.24) is 10.2 Å². The van der Waals surface area contributed by atoms with Crippen molar-refractivity contribution < 1.29 is 22.6 Å². The molecule has 0 radical (unpaired) electrons. The number of hydrogen-bond donors (Lipinski definition) is 1. The smallest absolute Gasteiger partial charge is 0.496 e. The zero-order valence-corrected chi connectivity index (χ0v) is 13.7. The molecule has 4 nitrogen and oxygen atoms in total. The van der Waals surface area contributed by atoms with E-state index in [9.17, 15) is 13.2 Å². The van der Waals surface area contributed by atoms with Crippen LogP contribution in [0.1, 0.15) is 30.9 Å². The quantitative estimate of drug-likeness (QED) is 0.888. The average Bonchev–Trinajstić information content (AvgIpc) is 2.50. The summed E-state index contributed by atoms with van der Waals surface area (Å²) < 4.78 is 47.3. The maximum atomic E-state index is 12.6. The first-order valence-electron chi connectivity index (χ1n) is 8.36. The largest absolute Gasteiger partial charge is 0.573 e. The van der Waals surface area contributed by atoms with Crippen LogP contribution in [0.2, 0.25) is 0 Å². The standard InChI is InChI=1S/C17H23F3N2O2/c1-23-15-6-5-13(24-17(18,19)20)11-14(15)16(12-3-2-4-12)22-9-7-21-8-10-22/h5-6,11-12,16,21H,2-4,7-10H2,1H3/t16-/m1/s1. The van der Waals surface area contributed by atoms with E-state index < -0.39 is 6.36 Å². The van der Waals surface area contributed by atoms with Gasteiger partial charge in [-0.15, -0.1) is 13.2 Å². The van der Waals surface area contributed by atoms with Crippen molar-refractivity contribution in [3.05, 3.63) is 23.8 Å². The Bertz CT molecular complexity index is 555. The van der Waals surface area contributed by atoms with E-state index in [1.165, 1.54) is 18.6 Å². The van der Waals surface area contributed by atoms with Gasteiger partial charge in [-0.1, -0.05) is 6.42 Å². The Hall–Kier alpha value is -1.47. The Morgan fingerprint density at radius 1 is 1.21 bits per heavy atom. The SMILES string of the molecule is COc1ccc(OC(F)(F)F)cc1[C@@H](C1CCC1)N1CCNCC1. The molecule has 24 heavy (non-hydrogen) atoms. The molecule has 0 aromatic heterocycles. The number of nitrogens with one attached hydrogen (secondary N) is 1. The third kappa shape index (κ3) is 3.95. The van der Waals surface area contributed by atoms with Gasteiger partial charge in [0.05, 0.1) is 7.11 Å². The number of benzene rings is 1. The molecule has 0 unspecified atom stereocenters. The fourth-order valence-corrected chi connectivity index (χ4v) is 3.61. The molecule has 2 aliphatic rings.